The fraction of sp³-hybridized carbons (Fsp3) is 0.348. The first-order chi connectivity index (χ1) is 16.0. The molecule has 34 heavy (non-hydrogen) atoms. The first-order valence-corrected chi connectivity index (χ1v) is 10.6. The van der Waals surface area contributed by atoms with Gasteiger partial charge in [-0.3, -0.25) is 24.0 Å². The number of nitrogens with one attached hydrogen (secondary N) is 1. The number of carbonyl (C=O) groups is 1. The van der Waals surface area contributed by atoms with Gasteiger partial charge in [0.2, 0.25) is 0 Å². The molecule has 1 amide bonds. The predicted octanol–water partition coefficient (Wildman–Crippen LogP) is 2.59. The van der Waals surface area contributed by atoms with Gasteiger partial charge in [-0.1, -0.05) is 18.2 Å². The van der Waals surface area contributed by atoms with Crippen molar-refractivity contribution < 1.29 is 22.4 Å². The zero-order chi connectivity index (χ0) is 24.6. The van der Waals surface area contributed by atoms with E-state index < -0.39 is 41.7 Å². The molecule has 1 saturated heterocycles. The molecule has 1 N–H and O–H groups in total. The molecule has 11 heteroatoms. The van der Waals surface area contributed by atoms with Crippen molar-refractivity contribution in [1.82, 2.24) is 19.4 Å². The number of para-hydroxylation sites is 1. The smallest absolute Gasteiger partial charge is 0.336 e. The minimum absolute atomic E-state index is 0.0203. The largest absolute Gasteiger partial charge is 0.401 e. The van der Waals surface area contributed by atoms with Crippen LogP contribution in [0, 0.1) is 5.82 Å². The number of carbonyl (C=O) groups excluding carboxylic acids is 1. The molecule has 3 aromatic rings. The van der Waals surface area contributed by atoms with Gasteiger partial charge >= 0.3 is 11.9 Å². The van der Waals surface area contributed by atoms with Crippen LogP contribution < -0.4 is 11.2 Å². The molecule has 0 bridgehead atoms. The highest BCUT2D eigenvalue weighted by molar-refractivity contribution is 5.94. The van der Waals surface area contributed by atoms with Gasteiger partial charge in [0.25, 0.3) is 11.5 Å². The first-order valence-electron chi connectivity index (χ1n) is 10.6. The third-order valence-electron chi connectivity index (χ3n) is 5.94. The van der Waals surface area contributed by atoms with E-state index in [9.17, 15) is 31.9 Å². The minimum atomic E-state index is -4.34. The number of aromatic amines is 1. The lowest BCUT2D eigenvalue weighted by Gasteiger charge is -2.40. The topological polar surface area (TPSA) is 78.4 Å². The molecule has 0 unspecified atom stereocenters. The Morgan fingerprint density at radius 2 is 1.85 bits per heavy atom. The predicted molar refractivity (Wildman–Crippen MR) is 117 cm³/mol. The fourth-order valence-electron chi connectivity index (χ4n) is 4.23. The molecule has 1 aromatic heterocycles. The Morgan fingerprint density at radius 1 is 1.12 bits per heavy atom. The van der Waals surface area contributed by atoms with E-state index in [1.165, 1.54) is 26.5 Å². The quantitative estimate of drug-likeness (QED) is 0.585. The third kappa shape index (κ3) is 4.89. The van der Waals surface area contributed by atoms with Crippen LogP contribution in [0.5, 0.6) is 0 Å². The highest BCUT2D eigenvalue weighted by Gasteiger charge is 2.36. The standard InChI is InChI=1S/C23H22F4N4O3/c1-14-11-29(8-9-30(14)13-23(25,26)27)21(33)17-10-15(6-7-18(17)24)12-31-19-5-3-2-4-16(19)20(32)28-22(31)34/h2-7,10,14H,8-9,11-13H2,1H3,(H,28,32,34)/t14-/m1/s1. The normalized spacial score (nSPS) is 17.3. The molecule has 1 fully saturated rings. The van der Waals surface area contributed by atoms with Crippen molar-refractivity contribution in [2.75, 3.05) is 26.2 Å². The SMILES string of the molecule is C[C@@H]1CN(C(=O)c2cc(Cn3c(=O)[nH]c(=O)c4ccccc43)ccc2F)CCN1CC(F)(F)F. The Morgan fingerprint density at radius 3 is 2.56 bits per heavy atom. The van der Waals surface area contributed by atoms with E-state index in [0.717, 1.165) is 6.07 Å². The van der Waals surface area contributed by atoms with E-state index in [2.05, 4.69) is 4.98 Å². The van der Waals surface area contributed by atoms with Crippen LogP contribution in [0.15, 0.2) is 52.1 Å². The van der Waals surface area contributed by atoms with Crippen LogP contribution in [0.3, 0.4) is 0 Å². The number of alkyl halides is 3. The monoisotopic (exact) mass is 478 g/mol. The van der Waals surface area contributed by atoms with Crippen LogP contribution >= 0.6 is 0 Å². The maximum absolute atomic E-state index is 14.6. The van der Waals surface area contributed by atoms with Gasteiger partial charge in [-0.05, 0) is 36.8 Å². The number of rotatable bonds is 4. The van der Waals surface area contributed by atoms with Crippen LogP contribution in [0.4, 0.5) is 17.6 Å². The van der Waals surface area contributed by atoms with Crippen molar-refractivity contribution in [3.63, 3.8) is 0 Å². The minimum Gasteiger partial charge on any atom is -0.336 e. The second kappa shape index (κ2) is 9.05. The van der Waals surface area contributed by atoms with Gasteiger partial charge in [0.05, 0.1) is 29.6 Å². The first kappa shape index (κ1) is 23.7. The molecule has 1 aliphatic rings. The maximum Gasteiger partial charge on any atom is 0.401 e. The lowest BCUT2D eigenvalue weighted by atomic mass is 10.1. The second-order valence-corrected chi connectivity index (χ2v) is 8.36. The van der Waals surface area contributed by atoms with Crippen molar-refractivity contribution in [2.45, 2.75) is 25.7 Å². The number of benzene rings is 2. The Bertz CT molecular complexity index is 1350. The summed E-state index contributed by atoms with van der Waals surface area (Å²) in [5.41, 5.74) is -0.548. The number of piperazine rings is 1. The van der Waals surface area contributed by atoms with Gasteiger partial charge < -0.3 is 4.90 Å². The van der Waals surface area contributed by atoms with Gasteiger partial charge in [0, 0.05) is 25.7 Å². The van der Waals surface area contributed by atoms with Gasteiger partial charge in [-0.25, -0.2) is 9.18 Å². The molecule has 2 aromatic carbocycles. The van der Waals surface area contributed by atoms with Crippen molar-refractivity contribution in [3.05, 3.63) is 80.2 Å². The van der Waals surface area contributed by atoms with E-state index in [0.29, 0.717) is 16.5 Å². The van der Waals surface area contributed by atoms with Crippen LogP contribution in [-0.4, -0.2) is 63.7 Å². The summed E-state index contributed by atoms with van der Waals surface area (Å²) < 4.78 is 54.1. The summed E-state index contributed by atoms with van der Waals surface area (Å²) in [4.78, 5) is 42.3. The summed E-state index contributed by atoms with van der Waals surface area (Å²) in [6.07, 6.45) is -4.34. The summed E-state index contributed by atoms with van der Waals surface area (Å²) >= 11 is 0. The van der Waals surface area contributed by atoms with E-state index >= 15 is 0 Å². The average Bonchev–Trinajstić information content (AvgIpc) is 2.78. The molecular formula is C23H22F4N4O3. The Hall–Kier alpha value is -3.47. The van der Waals surface area contributed by atoms with Crippen molar-refractivity contribution in [3.8, 4) is 0 Å². The van der Waals surface area contributed by atoms with Gasteiger partial charge in [-0.15, -0.1) is 0 Å². The lowest BCUT2D eigenvalue weighted by molar-refractivity contribution is -0.153. The maximum atomic E-state index is 14.6. The molecular weight excluding hydrogens is 456 g/mol. The Labute approximate surface area is 191 Å². The lowest BCUT2D eigenvalue weighted by Crippen LogP contribution is -2.55. The van der Waals surface area contributed by atoms with E-state index in [1.54, 1.807) is 31.2 Å². The molecule has 1 atom stereocenters. The third-order valence-corrected chi connectivity index (χ3v) is 5.94. The van der Waals surface area contributed by atoms with Crippen LogP contribution in [-0.2, 0) is 6.54 Å². The number of amides is 1. The zero-order valence-electron chi connectivity index (χ0n) is 18.2. The summed E-state index contributed by atoms with van der Waals surface area (Å²) in [5.74, 6) is -1.39. The molecule has 0 saturated carbocycles. The number of nitrogens with zero attached hydrogens (tertiary/aromatic N) is 3. The van der Waals surface area contributed by atoms with Gasteiger partial charge in [0.1, 0.15) is 5.82 Å². The summed E-state index contributed by atoms with van der Waals surface area (Å²) in [6.45, 7) is 0.585. The van der Waals surface area contributed by atoms with Crippen LogP contribution in [0.1, 0.15) is 22.8 Å². The van der Waals surface area contributed by atoms with E-state index in [4.69, 9.17) is 0 Å². The molecule has 180 valence electrons. The highest BCUT2D eigenvalue weighted by Crippen LogP contribution is 2.22. The fourth-order valence-corrected chi connectivity index (χ4v) is 4.23. The van der Waals surface area contributed by atoms with Crippen LogP contribution in [0.2, 0.25) is 0 Å². The molecule has 2 heterocycles. The molecule has 0 spiro atoms. The molecule has 0 aliphatic carbocycles. The second-order valence-electron chi connectivity index (χ2n) is 8.36. The van der Waals surface area contributed by atoms with Crippen LogP contribution in [0.25, 0.3) is 10.9 Å². The highest BCUT2D eigenvalue weighted by atomic mass is 19.4. The van der Waals surface area contributed by atoms with Gasteiger partial charge in [-0.2, -0.15) is 13.2 Å². The number of halogens is 4. The van der Waals surface area contributed by atoms with Gasteiger partial charge in [0.15, 0.2) is 0 Å². The Kier molecular flexibility index (Phi) is 6.30. The van der Waals surface area contributed by atoms with Crippen molar-refractivity contribution in [2.24, 2.45) is 0 Å². The van der Waals surface area contributed by atoms with Crippen molar-refractivity contribution in [1.29, 1.82) is 0 Å². The summed E-state index contributed by atoms with van der Waals surface area (Å²) in [6, 6.07) is 9.86. The zero-order valence-corrected chi connectivity index (χ0v) is 18.2. The van der Waals surface area contributed by atoms with E-state index in [1.807, 2.05) is 0 Å². The number of H-pyrrole nitrogens is 1. The molecule has 1 aliphatic heterocycles. The average molecular weight is 478 g/mol. The number of hydrogen-bond acceptors (Lipinski definition) is 4. The summed E-state index contributed by atoms with van der Waals surface area (Å²) in [5, 5.41) is 0.311. The molecule has 4 rings (SSSR count). The van der Waals surface area contributed by atoms with Crippen molar-refractivity contribution >= 4 is 16.8 Å². The number of aromatic nitrogens is 2. The Balaban J connectivity index is 1.58. The molecule has 7 nitrogen and oxygen atoms in total. The summed E-state index contributed by atoms with van der Waals surface area (Å²) in [7, 11) is 0. The number of fused-ring (bicyclic) bond motifs is 1. The number of hydrogen-bond donors (Lipinski definition) is 1. The van der Waals surface area contributed by atoms with E-state index in [-0.39, 0.29) is 31.7 Å². The molecule has 0 radical (unpaired) electrons.